The monoisotopic (exact) mass is 240 g/mol. The Balaban J connectivity index is 1.81. The molecule has 0 amide bonds. The minimum Gasteiger partial charge on any atom is -0.393 e. The molecule has 0 aromatic heterocycles. The quantitative estimate of drug-likeness (QED) is 0.707. The van der Waals surface area contributed by atoms with Gasteiger partial charge in [0.15, 0.2) is 5.79 Å². The lowest BCUT2D eigenvalue weighted by Crippen LogP contribution is -2.49. The number of aliphatic hydroxyl groups excluding tert-OH is 1. The summed E-state index contributed by atoms with van der Waals surface area (Å²) in [6, 6.07) is 0. The third kappa shape index (κ3) is 1.92. The zero-order chi connectivity index (χ0) is 11.9. The van der Waals surface area contributed by atoms with E-state index < -0.39 is 0 Å². The van der Waals surface area contributed by atoms with Crippen LogP contribution >= 0.6 is 0 Å². The Bertz CT molecular complexity index is 285. The summed E-state index contributed by atoms with van der Waals surface area (Å²) in [4.78, 5) is 0. The molecule has 1 aliphatic heterocycles. The molecule has 0 aromatic rings. The SMILES string of the molecule is C[C@]12CCC3(C[C@@H]1CCCC[C@H]2O)OCCO3. The van der Waals surface area contributed by atoms with E-state index in [9.17, 15) is 5.11 Å². The van der Waals surface area contributed by atoms with Gasteiger partial charge in [0.25, 0.3) is 0 Å². The number of aliphatic hydroxyl groups is 1. The molecule has 2 saturated carbocycles. The van der Waals surface area contributed by atoms with E-state index in [1.807, 2.05) is 0 Å². The van der Waals surface area contributed by atoms with Crippen molar-refractivity contribution in [3.63, 3.8) is 0 Å². The molecular weight excluding hydrogens is 216 g/mol. The zero-order valence-corrected chi connectivity index (χ0v) is 10.8. The Morgan fingerprint density at radius 2 is 1.76 bits per heavy atom. The number of hydrogen-bond acceptors (Lipinski definition) is 3. The third-order valence-electron chi connectivity index (χ3n) is 5.39. The molecule has 0 unspecified atom stereocenters. The lowest BCUT2D eigenvalue weighted by molar-refractivity contribution is -0.216. The molecule has 2 aliphatic carbocycles. The number of ether oxygens (including phenoxy) is 2. The molecule has 0 bridgehead atoms. The van der Waals surface area contributed by atoms with Crippen LogP contribution in [0.25, 0.3) is 0 Å². The van der Waals surface area contributed by atoms with Gasteiger partial charge in [-0.05, 0) is 30.6 Å². The molecule has 17 heavy (non-hydrogen) atoms. The molecule has 0 radical (unpaired) electrons. The highest BCUT2D eigenvalue weighted by Crippen LogP contribution is 2.53. The normalized spacial score (nSPS) is 45.5. The van der Waals surface area contributed by atoms with Gasteiger partial charge in [0.05, 0.1) is 19.3 Å². The Morgan fingerprint density at radius 1 is 1.06 bits per heavy atom. The highest BCUT2D eigenvalue weighted by Gasteiger charge is 2.52. The number of fused-ring (bicyclic) bond motifs is 1. The van der Waals surface area contributed by atoms with Crippen LogP contribution in [0.5, 0.6) is 0 Å². The van der Waals surface area contributed by atoms with Gasteiger partial charge in [-0.15, -0.1) is 0 Å². The molecule has 3 nitrogen and oxygen atoms in total. The lowest BCUT2D eigenvalue weighted by atomic mass is 9.62. The second-order valence-corrected chi connectivity index (χ2v) is 6.31. The smallest absolute Gasteiger partial charge is 0.168 e. The van der Waals surface area contributed by atoms with E-state index in [2.05, 4.69) is 6.92 Å². The number of hydrogen-bond donors (Lipinski definition) is 1. The first-order valence-corrected chi connectivity index (χ1v) is 7.11. The van der Waals surface area contributed by atoms with Gasteiger partial charge >= 0.3 is 0 Å². The summed E-state index contributed by atoms with van der Waals surface area (Å²) in [6.07, 6.45) is 7.46. The molecule has 1 heterocycles. The summed E-state index contributed by atoms with van der Waals surface area (Å²) in [5, 5.41) is 10.4. The predicted octanol–water partition coefficient (Wildman–Crippen LogP) is 2.47. The van der Waals surface area contributed by atoms with Gasteiger partial charge in [0.2, 0.25) is 0 Å². The van der Waals surface area contributed by atoms with Crippen molar-refractivity contribution >= 4 is 0 Å². The molecule has 1 saturated heterocycles. The summed E-state index contributed by atoms with van der Waals surface area (Å²) in [5.41, 5.74) is 0.0943. The van der Waals surface area contributed by atoms with E-state index in [4.69, 9.17) is 9.47 Å². The molecule has 1 N–H and O–H groups in total. The predicted molar refractivity (Wildman–Crippen MR) is 64.6 cm³/mol. The molecule has 3 aliphatic rings. The summed E-state index contributed by atoms with van der Waals surface area (Å²) in [6.45, 7) is 3.76. The van der Waals surface area contributed by atoms with Gasteiger partial charge in [0, 0.05) is 12.8 Å². The minimum atomic E-state index is -0.297. The molecule has 98 valence electrons. The van der Waals surface area contributed by atoms with Crippen LogP contribution in [0.1, 0.15) is 51.9 Å². The third-order valence-corrected chi connectivity index (χ3v) is 5.39. The topological polar surface area (TPSA) is 38.7 Å². The van der Waals surface area contributed by atoms with Gasteiger partial charge in [0.1, 0.15) is 0 Å². The van der Waals surface area contributed by atoms with Gasteiger partial charge in [-0.25, -0.2) is 0 Å². The Kier molecular flexibility index (Phi) is 2.96. The van der Waals surface area contributed by atoms with Gasteiger partial charge < -0.3 is 14.6 Å². The van der Waals surface area contributed by atoms with Gasteiger partial charge in [-0.2, -0.15) is 0 Å². The highest BCUT2D eigenvalue weighted by molar-refractivity contribution is 4.99. The van der Waals surface area contributed by atoms with E-state index in [-0.39, 0.29) is 17.3 Å². The van der Waals surface area contributed by atoms with Crippen molar-refractivity contribution in [3.8, 4) is 0 Å². The summed E-state index contributed by atoms with van der Waals surface area (Å²) in [5.74, 6) is 0.265. The van der Waals surface area contributed by atoms with Gasteiger partial charge in [-0.1, -0.05) is 19.8 Å². The van der Waals surface area contributed by atoms with Crippen LogP contribution in [0, 0.1) is 11.3 Å². The van der Waals surface area contributed by atoms with Crippen molar-refractivity contribution in [1.82, 2.24) is 0 Å². The van der Waals surface area contributed by atoms with Crippen molar-refractivity contribution in [2.24, 2.45) is 11.3 Å². The van der Waals surface area contributed by atoms with E-state index >= 15 is 0 Å². The maximum Gasteiger partial charge on any atom is 0.168 e. The van der Waals surface area contributed by atoms with Crippen LogP contribution in [0.4, 0.5) is 0 Å². The van der Waals surface area contributed by atoms with Crippen molar-refractivity contribution in [3.05, 3.63) is 0 Å². The van der Waals surface area contributed by atoms with E-state index in [0.717, 1.165) is 38.9 Å². The Labute approximate surface area is 103 Å². The molecule has 3 fully saturated rings. The van der Waals surface area contributed by atoms with Crippen molar-refractivity contribution < 1.29 is 14.6 Å². The van der Waals surface area contributed by atoms with Crippen molar-refractivity contribution in [1.29, 1.82) is 0 Å². The van der Waals surface area contributed by atoms with Crippen molar-refractivity contribution in [2.45, 2.75) is 63.8 Å². The molecule has 3 heteroatoms. The van der Waals surface area contributed by atoms with Crippen LogP contribution in [-0.2, 0) is 9.47 Å². The zero-order valence-electron chi connectivity index (χ0n) is 10.8. The second kappa shape index (κ2) is 4.22. The molecule has 1 spiro atoms. The van der Waals surface area contributed by atoms with Gasteiger partial charge in [-0.3, -0.25) is 0 Å². The van der Waals surface area contributed by atoms with Crippen LogP contribution in [0.3, 0.4) is 0 Å². The average molecular weight is 240 g/mol. The largest absolute Gasteiger partial charge is 0.393 e. The molecule has 3 atom stereocenters. The summed E-state index contributed by atoms with van der Waals surface area (Å²) in [7, 11) is 0. The fourth-order valence-corrected chi connectivity index (χ4v) is 4.06. The second-order valence-electron chi connectivity index (χ2n) is 6.31. The Morgan fingerprint density at radius 3 is 2.53 bits per heavy atom. The standard InChI is InChI=1S/C14H24O3/c1-13-6-7-14(16-8-9-17-14)10-11(13)4-2-3-5-12(13)15/h11-12,15H,2-10H2,1H3/t11-,12+,13-/m0/s1. The maximum absolute atomic E-state index is 10.4. The van der Waals surface area contributed by atoms with Crippen LogP contribution in [0.15, 0.2) is 0 Å². The van der Waals surface area contributed by atoms with E-state index in [1.54, 1.807) is 0 Å². The summed E-state index contributed by atoms with van der Waals surface area (Å²) >= 11 is 0. The van der Waals surface area contributed by atoms with Crippen LogP contribution in [0.2, 0.25) is 0 Å². The fourth-order valence-electron chi connectivity index (χ4n) is 4.06. The number of rotatable bonds is 0. The van der Waals surface area contributed by atoms with E-state index in [1.165, 1.54) is 19.3 Å². The molecule has 3 rings (SSSR count). The Hall–Kier alpha value is -0.120. The maximum atomic E-state index is 10.4. The molecule has 0 aromatic carbocycles. The highest BCUT2D eigenvalue weighted by atomic mass is 16.7. The average Bonchev–Trinajstić information content (AvgIpc) is 2.72. The summed E-state index contributed by atoms with van der Waals surface area (Å²) < 4.78 is 11.7. The molecular formula is C14H24O3. The fraction of sp³-hybridized carbons (Fsp3) is 1.00. The van der Waals surface area contributed by atoms with E-state index in [0.29, 0.717) is 5.92 Å². The van der Waals surface area contributed by atoms with Crippen LogP contribution in [-0.4, -0.2) is 30.2 Å². The van der Waals surface area contributed by atoms with Crippen LogP contribution < -0.4 is 0 Å². The first kappa shape index (κ1) is 11.9. The first-order chi connectivity index (χ1) is 8.15. The van der Waals surface area contributed by atoms with Crippen molar-refractivity contribution in [2.75, 3.05) is 13.2 Å². The first-order valence-electron chi connectivity index (χ1n) is 7.11. The minimum absolute atomic E-state index is 0.0943. The lowest BCUT2D eigenvalue weighted by Gasteiger charge is -2.49.